The van der Waals surface area contributed by atoms with Crippen LogP contribution in [-0.4, -0.2) is 43.9 Å². The summed E-state index contributed by atoms with van der Waals surface area (Å²) in [6.45, 7) is 15.6. The lowest BCUT2D eigenvalue weighted by Gasteiger charge is -2.28. The van der Waals surface area contributed by atoms with E-state index in [1.165, 1.54) is 12.3 Å². The first kappa shape index (κ1) is 24.9. The van der Waals surface area contributed by atoms with Gasteiger partial charge in [0, 0.05) is 0 Å². The monoisotopic (exact) mass is 425 g/mol. The number of nitrogens with zero attached hydrogens (tertiary/aromatic N) is 3. The van der Waals surface area contributed by atoms with E-state index in [4.69, 9.17) is 9.47 Å². The number of imide groups is 1. The highest BCUT2D eigenvalue weighted by Gasteiger charge is 2.33. The van der Waals surface area contributed by atoms with Crippen LogP contribution in [0.1, 0.15) is 68.0 Å². The molecule has 8 nitrogen and oxygen atoms in total. The van der Waals surface area contributed by atoms with Crippen molar-refractivity contribution in [2.24, 2.45) is 4.40 Å². The Morgan fingerprint density at radius 1 is 1.00 bits per heavy atom. The standard InChI is InChI=1S/C20H31N3O5S/c1-18(2,3)27-16(24)23(17(25)28-19(4,5)6)15-12-10-11-14(22-15)13-21-29(26)20(7,8)9/h10-13H,1-9H3/b21-13+. The Labute approximate surface area is 176 Å². The van der Waals surface area contributed by atoms with Crippen molar-refractivity contribution in [3.63, 3.8) is 0 Å². The molecule has 0 aromatic carbocycles. The van der Waals surface area contributed by atoms with Crippen molar-refractivity contribution in [2.45, 2.75) is 78.3 Å². The van der Waals surface area contributed by atoms with Gasteiger partial charge in [0.2, 0.25) is 0 Å². The van der Waals surface area contributed by atoms with Crippen molar-refractivity contribution in [1.82, 2.24) is 4.98 Å². The van der Waals surface area contributed by atoms with E-state index in [0.29, 0.717) is 5.69 Å². The average Bonchev–Trinajstić information content (AvgIpc) is 2.48. The molecule has 1 rings (SSSR count). The number of aromatic nitrogens is 1. The SMILES string of the molecule is CC(C)(C)OC(=O)N(C(=O)OC(C)(C)C)c1cccc(/C=N/[S+]([O-])C(C)(C)C)n1. The van der Waals surface area contributed by atoms with Crippen molar-refractivity contribution in [1.29, 1.82) is 0 Å². The molecular formula is C20H31N3O5S. The molecule has 1 heterocycles. The summed E-state index contributed by atoms with van der Waals surface area (Å²) in [5, 5.41) is 0. The third-order valence-corrected chi connectivity index (χ3v) is 4.29. The maximum Gasteiger partial charge on any atom is 0.425 e. The summed E-state index contributed by atoms with van der Waals surface area (Å²) in [4.78, 5) is 30.4. The van der Waals surface area contributed by atoms with Crippen LogP contribution in [0, 0.1) is 0 Å². The Morgan fingerprint density at radius 3 is 1.90 bits per heavy atom. The maximum absolute atomic E-state index is 12.7. The first-order valence-electron chi connectivity index (χ1n) is 9.19. The Morgan fingerprint density at radius 2 is 1.48 bits per heavy atom. The maximum atomic E-state index is 12.7. The topological polar surface area (TPSA) is 104 Å². The van der Waals surface area contributed by atoms with Gasteiger partial charge in [0.1, 0.15) is 39.3 Å². The van der Waals surface area contributed by atoms with Crippen molar-refractivity contribution >= 4 is 35.6 Å². The Hall–Kier alpha value is -2.13. The molecule has 9 heteroatoms. The summed E-state index contributed by atoms with van der Waals surface area (Å²) in [5.74, 6) is 0.0130. The first-order valence-corrected chi connectivity index (χ1v) is 10.3. The van der Waals surface area contributed by atoms with Gasteiger partial charge in [-0.3, -0.25) is 0 Å². The number of rotatable bonds is 3. The van der Waals surface area contributed by atoms with Gasteiger partial charge in [-0.05, 0) is 74.4 Å². The molecule has 162 valence electrons. The van der Waals surface area contributed by atoms with Crippen molar-refractivity contribution in [2.75, 3.05) is 4.90 Å². The van der Waals surface area contributed by atoms with Crippen LogP contribution < -0.4 is 4.90 Å². The van der Waals surface area contributed by atoms with Gasteiger partial charge in [0.15, 0.2) is 0 Å². The van der Waals surface area contributed by atoms with Crippen LogP contribution in [-0.2, 0) is 20.8 Å². The fourth-order valence-corrected chi connectivity index (χ4v) is 2.29. The fourth-order valence-electron chi connectivity index (χ4n) is 1.77. The molecule has 0 bridgehead atoms. The van der Waals surface area contributed by atoms with Gasteiger partial charge in [0.25, 0.3) is 0 Å². The summed E-state index contributed by atoms with van der Waals surface area (Å²) >= 11 is -1.47. The fraction of sp³-hybridized carbons (Fsp3) is 0.600. The molecule has 0 N–H and O–H groups in total. The zero-order valence-electron chi connectivity index (χ0n) is 18.6. The smallest absolute Gasteiger partial charge is 0.425 e. The number of hydrogen-bond donors (Lipinski definition) is 0. The molecule has 0 spiro atoms. The average molecular weight is 426 g/mol. The molecule has 0 saturated carbocycles. The number of anilines is 1. The van der Waals surface area contributed by atoms with Crippen LogP contribution in [0.25, 0.3) is 0 Å². The number of amides is 2. The van der Waals surface area contributed by atoms with Gasteiger partial charge in [-0.25, -0.2) is 14.6 Å². The van der Waals surface area contributed by atoms with E-state index in [1.807, 2.05) is 0 Å². The Balaban J connectivity index is 3.26. The van der Waals surface area contributed by atoms with Gasteiger partial charge in [-0.1, -0.05) is 10.5 Å². The number of hydrogen-bond acceptors (Lipinski definition) is 7. The van der Waals surface area contributed by atoms with Crippen molar-refractivity contribution in [3.05, 3.63) is 23.9 Å². The highest BCUT2D eigenvalue weighted by Crippen LogP contribution is 2.21. The number of carbonyl (C=O) groups is 2. The van der Waals surface area contributed by atoms with E-state index in [-0.39, 0.29) is 5.82 Å². The van der Waals surface area contributed by atoms with E-state index in [9.17, 15) is 14.1 Å². The molecule has 0 fully saturated rings. The first-order chi connectivity index (χ1) is 13.0. The molecule has 2 amide bonds. The van der Waals surface area contributed by atoms with Crippen molar-refractivity contribution < 1.29 is 23.6 Å². The zero-order chi connectivity index (χ0) is 22.6. The second-order valence-corrected chi connectivity index (χ2v) is 11.2. The molecule has 0 aliphatic carbocycles. The van der Waals surface area contributed by atoms with E-state index in [1.54, 1.807) is 74.4 Å². The highest BCUT2D eigenvalue weighted by molar-refractivity contribution is 7.91. The molecule has 1 aromatic rings. The summed E-state index contributed by atoms with van der Waals surface area (Å²) in [7, 11) is 0. The molecular weight excluding hydrogens is 394 g/mol. The lowest BCUT2D eigenvalue weighted by atomic mass is 10.2. The molecule has 1 unspecified atom stereocenters. The third-order valence-electron chi connectivity index (χ3n) is 2.94. The van der Waals surface area contributed by atoms with Crippen molar-refractivity contribution in [3.8, 4) is 0 Å². The Bertz CT molecular complexity index is 733. The minimum absolute atomic E-state index is 0.0130. The molecule has 0 aliphatic rings. The van der Waals surface area contributed by atoms with Gasteiger partial charge < -0.3 is 14.0 Å². The minimum atomic E-state index is -1.47. The van der Waals surface area contributed by atoms with Crippen LogP contribution in [0.3, 0.4) is 0 Å². The summed E-state index contributed by atoms with van der Waals surface area (Å²) in [6, 6.07) is 4.70. The third kappa shape index (κ3) is 8.82. The van der Waals surface area contributed by atoms with Crippen LogP contribution in [0.5, 0.6) is 0 Å². The second kappa shape index (κ2) is 9.13. The molecule has 1 aromatic heterocycles. The second-order valence-electron chi connectivity index (χ2n) is 9.31. The minimum Gasteiger partial charge on any atom is -0.591 e. The summed E-state index contributed by atoms with van der Waals surface area (Å²) in [5.41, 5.74) is -1.31. The Kier molecular flexibility index (Phi) is 7.84. The molecule has 29 heavy (non-hydrogen) atoms. The molecule has 0 saturated heterocycles. The summed E-state index contributed by atoms with van der Waals surface area (Å²) < 4.78 is 26.3. The zero-order valence-corrected chi connectivity index (χ0v) is 19.4. The van der Waals surface area contributed by atoms with E-state index in [0.717, 1.165) is 4.90 Å². The summed E-state index contributed by atoms with van der Waals surface area (Å²) in [6.07, 6.45) is -0.481. The van der Waals surface area contributed by atoms with E-state index in [2.05, 4.69) is 9.38 Å². The number of carbonyl (C=O) groups excluding carboxylic acids is 2. The van der Waals surface area contributed by atoms with Gasteiger partial charge >= 0.3 is 12.2 Å². The molecule has 0 aliphatic heterocycles. The quantitative estimate of drug-likeness (QED) is 0.516. The van der Waals surface area contributed by atoms with Gasteiger partial charge in [-0.2, -0.15) is 4.90 Å². The van der Waals surface area contributed by atoms with Gasteiger partial charge in [0.05, 0.1) is 5.69 Å². The number of ether oxygens (including phenoxy) is 2. The predicted octanol–water partition coefficient (Wildman–Crippen LogP) is 4.64. The van der Waals surface area contributed by atoms with E-state index < -0.39 is 39.5 Å². The van der Waals surface area contributed by atoms with Crippen LogP contribution in [0.4, 0.5) is 15.4 Å². The van der Waals surface area contributed by atoms with Gasteiger partial charge in [-0.15, -0.1) is 0 Å². The van der Waals surface area contributed by atoms with Crippen LogP contribution in [0.15, 0.2) is 22.6 Å². The molecule has 0 radical (unpaired) electrons. The lowest BCUT2D eigenvalue weighted by molar-refractivity contribution is 0.0429. The predicted molar refractivity (Wildman–Crippen MR) is 115 cm³/mol. The largest absolute Gasteiger partial charge is 0.591 e. The lowest BCUT2D eigenvalue weighted by Crippen LogP contribution is -2.44. The van der Waals surface area contributed by atoms with Crippen LogP contribution in [0.2, 0.25) is 0 Å². The number of pyridine rings is 1. The highest BCUT2D eigenvalue weighted by atomic mass is 32.2. The molecule has 1 atom stereocenters. The normalized spacial score (nSPS) is 13.9. The van der Waals surface area contributed by atoms with Crippen LogP contribution >= 0.6 is 0 Å². The van der Waals surface area contributed by atoms with E-state index >= 15 is 0 Å².